The number of nitrogens with one attached hydrogen (secondary N) is 2. The van der Waals surface area contributed by atoms with Crippen LogP contribution in [0, 0.1) is 12.7 Å². The largest absolute Gasteiger partial charge is 0.353 e. The van der Waals surface area contributed by atoms with Gasteiger partial charge in [0.05, 0.1) is 0 Å². The Bertz CT molecular complexity index is 753. The van der Waals surface area contributed by atoms with E-state index in [0.717, 1.165) is 6.07 Å². The number of rotatable bonds is 7. The van der Waals surface area contributed by atoms with Crippen molar-refractivity contribution in [3.63, 3.8) is 0 Å². The minimum Gasteiger partial charge on any atom is -0.353 e. The van der Waals surface area contributed by atoms with Crippen molar-refractivity contribution in [2.24, 2.45) is 0 Å². The van der Waals surface area contributed by atoms with Gasteiger partial charge in [0.25, 0.3) is 5.91 Å². The second-order valence-electron chi connectivity index (χ2n) is 6.18. The minimum absolute atomic E-state index is 0.149. The van der Waals surface area contributed by atoms with Gasteiger partial charge in [-0.25, -0.2) is 4.39 Å². The molecule has 2 rings (SSSR count). The first-order valence-corrected chi connectivity index (χ1v) is 8.72. The summed E-state index contributed by atoms with van der Waals surface area (Å²) in [5.41, 5.74) is 0.647. The van der Waals surface area contributed by atoms with Gasteiger partial charge in [-0.15, -0.1) is 0 Å². The first-order valence-electron chi connectivity index (χ1n) is 8.72. The van der Waals surface area contributed by atoms with Crippen LogP contribution in [0.1, 0.15) is 22.8 Å². The fraction of sp³-hybridized carbons (Fsp3) is 0.444. The molecule has 0 aromatic heterocycles. The Kier molecular flexibility index (Phi) is 6.86. The summed E-state index contributed by atoms with van der Waals surface area (Å²) in [5, 5.41) is 5.14. The highest BCUT2D eigenvalue weighted by atomic mass is 19.1. The number of carbonyl (C=O) groups excluding carboxylic acids is 4. The van der Waals surface area contributed by atoms with Gasteiger partial charge in [-0.1, -0.05) is 6.07 Å². The summed E-state index contributed by atoms with van der Waals surface area (Å²) in [6.07, 6.45) is 0. The Balaban J connectivity index is 1.71. The van der Waals surface area contributed by atoms with E-state index in [0.29, 0.717) is 25.2 Å². The molecule has 1 aromatic carbocycles. The molecule has 0 aliphatic carbocycles. The number of hydrogen-bond acceptors (Lipinski definition) is 4. The lowest BCUT2D eigenvalue weighted by atomic mass is 10.1. The van der Waals surface area contributed by atoms with E-state index in [1.54, 1.807) is 13.8 Å². The van der Waals surface area contributed by atoms with Crippen LogP contribution in [-0.2, 0) is 14.4 Å². The molecule has 27 heavy (non-hydrogen) atoms. The number of halogens is 1. The summed E-state index contributed by atoms with van der Waals surface area (Å²) in [5.74, 6) is -2.61. The molecular weight excluding hydrogens is 355 g/mol. The zero-order chi connectivity index (χ0) is 20.0. The molecule has 9 heteroatoms. The first-order chi connectivity index (χ1) is 12.8. The zero-order valence-corrected chi connectivity index (χ0v) is 15.4. The molecule has 0 radical (unpaired) electrons. The number of piperazine rings is 1. The molecule has 1 fully saturated rings. The lowest BCUT2D eigenvalue weighted by molar-refractivity contribution is -0.156. The molecule has 1 aromatic rings. The average Bonchev–Trinajstić information content (AvgIpc) is 2.65. The molecule has 0 unspecified atom stereocenters. The van der Waals surface area contributed by atoms with Crippen molar-refractivity contribution in [3.8, 4) is 0 Å². The molecule has 0 atom stereocenters. The molecule has 1 aliphatic rings. The smallest absolute Gasteiger partial charge is 0.312 e. The maximum Gasteiger partial charge on any atom is 0.312 e. The summed E-state index contributed by atoms with van der Waals surface area (Å²) >= 11 is 0. The quantitative estimate of drug-likeness (QED) is 0.501. The van der Waals surface area contributed by atoms with Gasteiger partial charge < -0.3 is 20.4 Å². The predicted octanol–water partition coefficient (Wildman–Crippen LogP) is -0.329. The van der Waals surface area contributed by atoms with Crippen LogP contribution in [0.3, 0.4) is 0 Å². The number of amides is 4. The highest BCUT2D eigenvalue weighted by Crippen LogP contribution is 2.09. The first kappa shape index (κ1) is 20.3. The number of likely N-dealkylation sites (N-methyl/N-ethyl adjacent to an activating group) is 1. The molecule has 4 amide bonds. The van der Waals surface area contributed by atoms with E-state index in [1.807, 2.05) is 0 Å². The van der Waals surface area contributed by atoms with E-state index in [9.17, 15) is 23.6 Å². The third-order valence-electron chi connectivity index (χ3n) is 4.28. The Morgan fingerprint density at radius 3 is 2.37 bits per heavy atom. The average molecular weight is 378 g/mol. The van der Waals surface area contributed by atoms with Crippen LogP contribution in [0.2, 0.25) is 0 Å². The van der Waals surface area contributed by atoms with Crippen molar-refractivity contribution in [1.82, 2.24) is 20.4 Å². The summed E-state index contributed by atoms with van der Waals surface area (Å²) < 4.78 is 13.5. The highest BCUT2D eigenvalue weighted by molar-refractivity contribution is 6.35. The highest BCUT2D eigenvalue weighted by Gasteiger charge is 2.32. The number of carbonyl (C=O) groups is 4. The predicted molar refractivity (Wildman–Crippen MR) is 95.3 cm³/mol. The standard InChI is InChI=1S/C18H23FN4O4/c1-3-22-8-9-23(18(27)17(22)26)11-15(24)20-6-7-21-16(25)13-5-4-12(2)14(19)10-13/h4-5,10H,3,6-9,11H2,1-2H3,(H,20,24)(H,21,25). The van der Waals surface area contributed by atoms with E-state index in [1.165, 1.54) is 21.9 Å². The lowest BCUT2D eigenvalue weighted by Crippen LogP contribution is -2.56. The molecule has 8 nitrogen and oxygen atoms in total. The van der Waals surface area contributed by atoms with Gasteiger partial charge in [0.1, 0.15) is 12.4 Å². The van der Waals surface area contributed by atoms with Gasteiger partial charge in [0, 0.05) is 38.3 Å². The second-order valence-corrected chi connectivity index (χ2v) is 6.18. The molecular formula is C18H23FN4O4. The Morgan fingerprint density at radius 2 is 1.70 bits per heavy atom. The van der Waals surface area contributed by atoms with Crippen molar-refractivity contribution in [3.05, 3.63) is 35.1 Å². The normalized spacial score (nSPS) is 14.3. The number of benzene rings is 1. The lowest BCUT2D eigenvalue weighted by Gasteiger charge is -2.32. The van der Waals surface area contributed by atoms with Crippen molar-refractivity contribution in [1.29, 1.82) is 0 Å². The fourth-order valence-corrected chi connectivity index (χ4v) is 2.61. The van der Waals surface area contributed by atoms with Gasteiger partial charge in [-0.05, 0) is 31.5 Å². The summed E-state index contributed by atoms with van der Waals surface area (Å²) in [4.78, 5) is 50.2. The number of aryl methyl sites for hydroxylation is 1. The molecule has 1 heterocycles. The van der Waals surface area contributed by atoms with Crippen LogP contribution >= 0.6 is 0 Å². The maximum absolute atomic E-state index is 13.5. The fourth-order valence-electron chi connectivity index (χ4n) is 2.61. The van der Waals surface area contributed by atoms with Gasteiger partial charge in [-0.2, -0.15) is 0 Å². The van der Waals surface area contributed by atoms with E-state index in [-0.39, 0.29) is 25.2 Å². The molecule has 1 aliphatic heterocycles. The third kappa shape index (κ3) is 5.25. The van der Waals surface area contributed by atoms with E-state index < -0.39 is 29.4 Å². The topological polar surface area (TPSA) is 98.8 Å². The zero-order valence-electron chi connectivity index (χ0n) is 15.4. The molecule has 1 saturated heterocycles. The minimum atomic E-state index is -0.687. The van der Waals surface area contributed by atoms with Crippen molar-refractivity contribution in [2.75, 3.05) is 39.3 Å². The summed E-state index contributed by atoms with van der Waals surface area (Å²) in [7, 11) is 0. The number of nitrogens with zero attached hydrogens (tertiary/aromatic N) is 2. The Labute approximate surface area is 156 Å². The van der Waals surface area contributed by atoms with E-state index >= 15 is 0 Å². The van der Waals surface area contributed by atoms with E-state index in [2.05, 4.69) is 10.6 Å². The molecule has 0 bridgehead atoms. The monoisotopic (exact) mass is 378 g/mol. The second kappa shape index (κ2) is 9.11. The van der Waals surface area contributed by atoms with Crippen LogP contribution in [-0.4, -0.2) is 72.7 Å². The van der Waals surface area contributed by atoms with Crippen LogP contribution < -0.4 is 10.6 Å². The van der Waals surface area contributed by atoms with Crippen molar-refractivity contribution in [2.45, 2.75) is 13.8 Å². The van der Waals surface area contributed by atoms with Crippen molar-refractivity contribution >= 4 is 23.6 Å². The Morgan fingerprint density at radius 1 is 1.07 bits per heavy atom. The van der Waals surface area contributed by atoms with Gasteiger partial charge in [0.2, 0.25) is 5.91 Å². The van der Waals surface area contributed by atoms with Crippen LogP contribution in [0.5, 0.6) is 0 Å². The van der Waals surface area contributed by atoms with Crippen molar-refractivity contribution < 1.29 is 23.6 Å². The molecule has 0 saturated carbocycles. The molecule has 146 valence electrons. The summed E-state index contributed by atoms with van der Waals surface area (Å²) in [6, 6.07) is 4.19. The summed E-state index contributed by atoms with van der Waals surface area (Å²) in [6.45, 7) is 4.64. The van der Waals surface area contributed by atoms with Crippen LogP contribution in [0.15, 0.2) is 18.2 Å². The van der Waals surface area contributed by atoms with Gasteiger partial charge in [-0.3, -0.25) is 19.2 Å². The van der Waals surface area contributed by atoms with Crippen LogP contribution in [0.4, 0.5) is 4.39 Å². The Hall–Kier alpha value is -2.97. The van der Waals surface area contributed by atoms with Gasteiger partial charge in [0.15, 0.2) is 0 Å². The number of hydrogen-bond donors (Lipinski definition) is 2. The third-order valence-corrected chi connectivity index (χ3v) is 4.28. The molecule has 0 spiro atoms. The SMILES string of the molecule is CCN1CCN(CC(=O)NCCNC(=O)c2ccc(C)c(F)c2)C(=O)C1=O. The van der Waals surface area contributed by atoms with Crippen LogP contribution in [0.25, 0.3) is 0 Å². The maximum atomic E-state index is 13.5. The van der Waals surface area contributed by atoms with Gasteiger partial charge >= 0.3 is 11.8 Å². The van der Waals surface area contributed by atoms with E-state index in [4.69, 9.17) is 0 Å². The molecule has 2 N–H and O–H groups in total.